The molecule has 1 aromatic heterocycles. The lowest BCUT2D eigenvalue weighted by Gasteiger charge is -2.10. The van der Waals surface area contributed by atoms with Crippen molar-refractivity contribution in [1.82, 2.24) is 5.32 Å². The molecule has 8 heteroatoms. The first kappa shape index (κ1) is 14.2. The van der Waals surface area contributed by atoms with Crippen LogP contribution in [0.1, 0.15) is 24.4 Å². The van der Waals surface area contributed by atoms with Crippen LogP contribution in [0.5, 0.6) is 0 Å². The minimum Gasteiger partial charge on any atom is -0.475 e. The molecule has 1 unspecified atom stereocenters. The number of aromatic carboxylic acids is 1. The summed E-state index contributed by atoms with van der Waals surface area (Å²) in [5.74, 6) is -2.52. The average Bonchev–Trinajstić information content (AvgIpc) is 2.78. The van der Waals surface area contributed by atoms with E-state index in [0.717, 1.165) is 12.1 Å². The summed E-state index contributed by atoms with van der Waals surface area (Å²) in [4.78, 5) is 22.0. The molecule has 0 aliphatic rings. The van der Waals surface area contributed by atoms with Gasteiger partial charge < -0.3 is 14.8 Å². The highest BCUT2D eigenvalue weighted by Crippen LogP contribution is 2.19. The Labute approximate surface area is 104 Å². The summed E-state index contributed by atoms with van der Waals surface area (Å²) >= 11 is 0. The second kappa shape index (κ2) is 5.21. The zero-order valence-electron chi connectivity index (χ0n) is 9.84. The number of carbonyl (C=O) groups excluding carboxylic acids is 1. The highest BCUT2D eigenvalue weighted by Gasteiger charge is 2.32. The molecule has 0 aliphatic carbocycles. The fraction of sp³-hybridized carbons (Fsp3) is 0.400. The minimum absolute atomic E-state index is 0.303. The summed E-state index contributed by atoms with van der Waals surface area (Å²) in [6.07, 6.45) is 0. The number of sulfone groups is 1. The third kappa shape index (κ3) is 2.70. The Balaban J connectivity index is 3.05. The normalized spacial score (nSPS) is 13.0. The molecule has 1 atom stereocenters. The van der Waals surface area contributed by atoms with Gasteiger partial charge in [0.15, 0.2) is 0 Å². The van der Waals surface area contributed by atoms with Crippen molar-refractivity contribution >= 4 is 21.7 Å². The molecule has 0 radical (unpaired) electrons. The van der Waals surface area contributed by atoms with Gasteiger partial charge in [0.1, 0.15) is 5.25 Å². The fourth-order valence-corrected chi connectivity index (χ4v) is 2.40. The molecule has 0 aromatic carbocycles. The van der Waals surface area contributed by atoms with Gasteiger partial charge in [-0.05, 0) is 26.0 Å². The molecular formula is C10H13NO6S. The second-order valence-corrected chi connectivity index (χ2v) is 5.71. The van der Waals surface area contributed by atoms with Gasteiger partial charge in [-0.2, -0.15) is 0 Å². The number of hydrogen-bond donors (Lipinski definition) is 2. The number of rotatable bonds is 5. The number of hydrogen-bond acceptors (Lipinski definition) is 5. The molecule has 0 fully saturated rings. The third-order valence-electron chi connectivity index (χ3n) is 2.26. The molecule has 1 aromatic rings. The van der Waals surface area contributed by atoms with Gasteiger partial charge in [0, 0.05) is 6.54 Å². The van der Waals surface area contributed by atoms with Crippen LogP contribution in [0.25, 0.3) is 0 Å². The summed E-state index contributed by atoms with van der Waals surface area (Å²) in [6.45, 7) is 3.17. The van der Waals surface area contributed by atoms with E-state index in [1.54, 1.807) is 6.92 Å². The minimum atomic E-state index is -4.02. The van der Waals surface area contributed by atoms with E-state index < -0.39 is 37.8 Å². The fourth-order valence-electron chi connectivity index (χ4n) is 1.22. The van der Waals surface area contributed by atoms with Gasteiger partial charge in [0.2, 0.25) is 26.6 Å². The van der Waals surface area contributed by atoms with E-state index in [4.69, 9.17) is 9.52 Å². The van der Waals surface area contributed by atoms with Crippen molar-refractivity contribution < 1.29 is 27.5 Å². The molecule has 0 saturated carbocycles. The third-order valence-corrected chi connectivity index (χ3v) is 4.18. The van der Waals surface area contributed by atoms with Gasteiger partial charge in [0.05, 0.1) is 0 Å². The lowest BCUT2D eigenvalue weighted by molar-refractivity contribution is -0.120. The van der Waals surface area contributed by atoms with E-state index in [0.29, 0.717) is 6.54 Å². The van der Waals surface area contributed by atoms with Crippen LogP contribution < -0.4 is 5.32 Å². The van der Waals surface area contributed by atoms with E-state index in [1.165, 1.54) is 6.92 Å². The monoisotopic (exact) mass is 275 g/mol. The Bertz CT molecular complexity index is 559. The lowest BCUT2D eigenvalue weighted by Crippen LogP contribution is -2.37. The summed E-state index contributed by atoms with van der Waals surface area (Å²) in [5.41, 5.74) is 0. The standard InChI is InChI=1S/C10H13NO6S/c1-3-11-9(12)6(2)18(15,16)8-5-4-7(17-8)10(13)14/h4-6H,3H2,1-2H3,(H,11,12)(H,13,14). The van der Waals surface area contributed by atoms with Crippen molar-refractivity contribution in [2.75, 3.05) is 6.54 Å². The Kier molecular flexibility index (Phi) is 4.12. The van der Waals surface area contributed by atoms with Crippen molar-refractivity contribution in [2.24, 2.45) is 0 Å². The van der Waals surface area contributed by atoms with Crippen molar-refractivity contribution in [3.63, 3.8) is 0 Å². The summed E-state index contributed by atoms with van der Waals surface area (Å²) in [6, 6.07) is 2.05. The Morgan fingerprint density at radius 1 is 1.44 bits per heavy atom. The molecular weight excluding hydrogens is 262 g/mol. The molecule has 1 heterocycles. The molecule has 7 nitrogen and oxygen atoms in total. The first-order chi connectivity index (χ1) is 8.30. The highest BCUT2D eigenvalue weighted by atomic mass is 32.2. The second-order valence-electron chi connectivity index (χ2n) is 3.51. The van der Waals surface area contributed by atoms with Gasteiger partial charge >= 0.3 is 5.97 Å². The van der Waals surface area contributed by atoms with Crippen LogP contribution >= 0.6 is 0 Å². The molecule has 1 amide bonds. The van der Waals surface area contributed by atoms with Crippen LogP contribution in [0.2, 0.25) is 0 Å². The maximum Gasteiger partial charge on any atom is 0.371 e. The smallest absolute Gasteiger partial charge is 0.371 e. The van der Waals surface area contributed by atoms with Crippen LogP contribution in [-0.2, 0) is 14.6 Å². The van der Waals surface area contributed by atoms with Gasteiger partial charge in [-0.3, -0.25) is 4.79 Å². The molecule has 18 heavy (non-hydrogen) atoms. The topological polar surface area (TPSA) is 114 Å². The zero-order chi connectivity index (χ0) is 13.9. The number of carbonyl (C=O) groups is 2. The molecule has 100 valence electrons. The predicted molar refractivity (Wildman–Crippen MR) is 61.0 cm³/mol. The average molecular weight is 275 g/mol. The summed E-state index contributed by atoms with van der Waals surface area (Å²) in [5, 5.41) is 9.13. The Hall–Kier alpha value is -1.83. The highest BCUT2D eigenvalue weighted by molar-refractivity contribution is 7.92. The van der Waals surface area contributed by atoms with Crippen LogP contribution in [0.4, 0.5) is 0 Å². The summed E-state index contributed by atoms with van der Waals surface area (Å²) < 4.78 is 28.6. The van der Waals surface area contributed by atoms with Crippen molar-refractivity contribution in [1.29, 1.82) is 0 Å². The maximum atomic E-state index is 11.9. The van der Waals surface area contributed by atoms with Gasteiger partial charge in [0.25, 0.3) is 0 Å². The van der Waals surface area contributed by atoms with Gasteiger partial charge in [-0.15, -0.1) is 0 Å². The van der Waals surface area contributed by atoms with Gasteiger partial charge in [-0.1, -0.05) is 0 Å². The number of furan rings is 1. The van der Waals surface area contributed by atoms with Crippen molar-refractivity contribution in [3.8, 4) is 0 Å². The molecule has 0 saturated heterocycles. The molecule has 0 bridgehead atoms. The number of carboxylic acid groups (broad SMARTS) is 1. The quantitative estimate of drug-likeness (QED) is 0.797. The number of amides is 1. The van der Waals surface area contributed by atoms with E-state index in [1.807, 2.05) is 0 Å². The predicted octanol–water partition coefficient (Wildman–Crippen LogP) is 0.276. The lowest BCUT2D eigenvalue weighted by atomic mass is 10.4. The van der Waals surface area contributed by atoms with Crippen molar-refractivity contribution in [2.45, 2.75) is 24.2 Å². The first-order valence-corrected chi connectivity index (χ1v) is 6.70. The number of nitrogens with one attached hydrogen (secondary N) is 1. The maximum absolute atomic E-state index is 11.9. The van der Waals surface area contributed by atoms with E-state index in [9.17, 15) is 18.0 Å². The Morgan fingerprint density at radius 3 is 2.50 bits per heavy atom. The van der Waals surface area contributed by atoms with E-state index in [2.05, 4.69) is 5.32 Å². The Morgan fingerprint density at radius 2 is 2.06 bits per heavy atom. The first-order valence-electron chi connectivity index (χ1n) is 5.15. The van der Waals surface area contributed by atoms with E-state index in [-0.39, 0.29) is 0 Å². The van der Waals surface area contributed by atoms with Crippen LogP contribution in [0, 0.1) is 0 Å². The number of carboxylic acids is 1. The largest absolute Gasteiger partial charge is 0.475 e. The van der Waals surface area contributed by atoms with Crippen LogP contribution in [0.15, 0.2) is 21.6 Å². The molecule has 1 rings (SSSR count). The molecule has 0 aliphatic heterocycles. The SMILES string of the molecule is CCNC(=O)C(C)S(=O)(=O)c1ccc(C(=O)O)o1. The van der Waals surface area contributed by atoms with Crippen LogP contribution in [-0.4, -0.2) is 37.2 Å². The van der Waals surface area contributed by atoms with E-state index >= 15 is 0 Å². The zero-order valence-corrected chi connectivity index (χ0v) is 10.7. The van der Waals surface area contributed by atoms with Crippen molar-refractivity contribution in [3.05, 3.63) is 17.9 Å². The summed E-state index contributed by atoms with van der Waals surface area (Å²) in [7, 11) is -4.02. The molecule has 2 N–H and O–H groups in total. The van der Waals surface area contributed by atoms with Gasteiger partial charge in [-0.25, -0.2) is 13.2 Å². The molecule has 0 spiro atoms. The van der Waals surface area contributed by atoms with Crippen LogP contribution in [0.3, 0.4) is 0 Å².